The van der Waals surface area contributed by atoms with Crippen molar-refractivity contribution >= 4 is 35.3 Å². The Morgan fingerprint density at radius 2 is 2.04 bits per heavy atom. The number of carbonyl (C=O) groups is 2. The minimum absolute atomic E-state index is 0.00195. The quantitative estimate of drug-likeness (QED) is 0.583. The zero-order chi connectivity index (χ0) is 18.2. The summed E-state index contributed by atoms with van der Waals surface area (Å²) >= 11 is 7.49. The predicted molar refractivity (Wildman–Crippen MR) is 103 cm³/mol. The van der Waals surface area contributed by atoms with E-state index in [4.69, 9.17) is 11.6 Å². The number of thioether (sulfide) groups is 1. The number of halogens is 1. The highest BCUT2D eigenvalue weighted by Gasteiger charge is 2.27. The molecule has 2 unspecified atom stereocenters. The van der Waals surface area contributed by atoms with E-state index in [0.29, 0.717) is 11.6 Å². The van der Waals surface area contributed by atoms with Crippen LogP contribution in [0.3, 0.4) is 0 Å². The lowest BCUT2D eigenvalue weighted by Crippen LogP contribution is -2.53. The first kappa shape index (κ1) is 19.9. The van der Waals surface area contributed by atoms with Crippen molar-refractivity contribution in [1.29, 1.82) is 0 Å². The molecule has 1 aliphatic heterocycles. The van der Waals surface area contributed by atoms with Gasteiger partial charge in [0, 0.05) is 34.8 Å². The number of rotatable bonds is 6. The lowest BCUT2D eigenvalue weighted by molar-refractivity contribution is -0.136. The standard InChI is InChI=1S/C18H26ClN3O2S/c1-13-5-3-4-11-22(13)17(23)14(2)21-18(24)20-10-12-25-16-8-6-15(19)7-9-16/h6-9,13-14H,3-5,10-12H2,1-2H3,(H2,20,21,24). The van der Waals surface area contributed by atoms with E-state index in [2.05, 4.69) is 17.6 Å². The van der Waals surface area contributed by atoms with Crippen LogP contribution in [0.1, 0.15) is 33.1 Å². The van der Waals surface area contributed by atoms with E-state index in [1.165, 1.54) is 6.42 Å². The van der Waals surface area contributed by atoms with Crippen molar-refractivity contribution in [3.8, 4) is 0 Å². The third kappa shape index (κ3) is 6.44. The summed E-state index contributed by atoms with van der Waals surface area (Å²) in [4.78, 5) is 27.4. The van der Waals surface area contributed by atoms with Gasteiger partial charge in [0.1, 0.15) is 6.04 Å². The Bertz CT molecular complexity index is 582. The van der Waals surface area contributed by atoms with Gasteiger partial charge in [-0.15, -0.1) is 11.8 Å². The van der Waals surface area contributed by atoms with Gasteiger partial charge in [0.2, 0.25) is 5.91 Å². The number of piperidine rings is 1. The van der Waals surface area contributed by atoms with Gasteiger partial charge in [-0.05, 0) is 57.4 Å². The zero-order valence-corrected chi connectivity index (χ0v) is 16.3. The van der Waals surface area contributed by atoms with Crippen LogP contribution in [-0.4, -0.2) is 47.8 Å². The molecule has 1 saturated heterocycles. The summed E-state index contributed by atoms with van der Waals surface area (Å²) in [5, 5.41) is 6.24. The second-order valence-corrected chi connectivity index (χ2v) is 7.91. The van der Waals surface area contributed by atoms with Gasteiger partial charge in [-0.2, -0.15) is 0 Å². The molecule has 1 aromatic carbocycles. The minimum Gasteiger partial charge on any atom is -0.338 e. The van der Waals surface area contributed by atoms with Gasteiger partial charge in [0.05, 0.1) is 0 Å². The Hall–Kier alpha value is -1.40. The molecule has 1 heterocycles. The molecule has 2 rings (SSSR count). The van der Waals surface area contributed by atoms with E-state index in [1.54, 1.807) is 18.7 Å². The third-order valence-corrected chi connectivity index (χ3v) is 5.54. The molecule has 5 nitrogen and oxygen atoms in total. The van der Waals surface area contributed by atoms with Gasteiger partial charge >= 0.3 is 6.03 Å². The van der Waals surface area contributed by atoms with Crippen molar-refractivity contribution in [2.24, 2.45) is 0 Å². The molecule has 1 fully saturated rings. The van der Waals surface area contributed by atoms with Gasteiger partial charge in [-0.3, -0.25) is 4.79 Å². The van der Waals surface area contributed by atoms with E-state index in [-0.39, 0.29) is 18.0 Å². The Morgan fingerprint density at radius 1 is 1.32 bits per heavy atom. The number of carbonyl (C=O) groups excluding carboxylic acids is 2. The molecular weight excluding hydrogens is 358 g/mol. The van der Waals surface area contributed by atoms with Gasteiger partial charge in [0.25, 0.3) is 0 Å². The smallest absolute Gasteiger partial charge is 0.315 e. The highest BCUT2D eigenvalue weighted by molar-refractivity contribution is 7.99. The van der Waals surface area contributed by atoms with Gasteiger partial charge < -0.3 is 15.5 Å². The van der Waals surface area contributed by atoms with E-state index in [0.717, 1.165) is 30.0 Å². The number of urea groups is 1. The van der Waals surface area contributed by atoms with Gasteiger partial charge in [-0.1, -0.05) is 11.6 Å². The summed E-state index contributed by atoms with van der Waals surface area (Å²) in [7, 11) is 0. The monoisotopic (exact) mass is 383 g/mol. The number of likely N-dealkylation sites (tertiary alicyclic amines) is 1. The van der Waals surface area contributed by atoms with Crippen LogP contribution in [0.2, 0.25) is 5.02 Å². The highest BCUT2D eigenvalue weighted by atomic mass is 35.5. The van der Waals surface area contributed by atoms with Crippen molar-refractivity contribution in [3.63, 3.8) is 0 Å². The maximum Gasteiger partial charge on any atom is 0.315 e. The molecule has 1 aliphatic rings. The van der Waals surface area contributed by atoms with Crippen molar-refractivity contribution in [1.82, 2.24) is 15.5 Å². The van der Waals surface area contributed by atoms with Crippen LogP contribution >= 0.6 is 23.4 Å². The molecule has 25 heavy (non-hydrogen) atoms. The Balaban J connectivity index is 1.66. The van der Waals surface area contributed by atoms with Crippen LogP contribution in [0.15, 0.2) is 29.2 Å². The van der Waals surface area contributed by atoms with Crippen molar-refractivity contribution in [2.75, 3.05) is 18.8 Å². The van der Waals surface area contributed by atoms with E-state index < -0.39 is 6.04 Å². The summed E-state index contributed by atoms with van der Waals surface area (Å²) in [6.07, 6.45) is 3.24. The summed E-state index contributed by atoms with van der Waals surface area (Å²) < 4.78 is 0. The number of hydrogen-bond acceptors (Lipinski definition) is 3. The molecule has 138 valence electrons. The molecule has 7 heteroatoms. The van der Waals surface area contributed by atoms with Crippen LogP contribution in [-0.2, 0) is 4.79 Å². The Kier molecular flexibility index (Phi) is 7.90. The lowest BCUT2D eigenvalue weighted by atomic mass is 10.0. The number of benzene rings is 1. The molecule has 0 bridgehead atoms. The maximum absolute atomic E-state index is 12.5. The number of hydrogen-bond donors (Lipinski definition) is 2. The summed E-state index contributed by atoms with van der Waals surface area (Å²) in [6.45, 7) is 5.12. The second-order valence-electron chi connectivity index (χ2n) is 6.30. The number of amides is 3. The van der Waals surface area contributed by atoms with Crippen molar-refractivity contribution in [3.05, 3.63) is 29.3 Å². The number of nitrogens with zero attached hydrogens (tertiary/aromatic N) is 1. The Morgan fingerprint density at radius 3 is 2.72 bits per heavy atom. The average Bonchev–Trinajstić information content (AvgIpc) is 2.60. The fourth-order valence-corrected chi connectivity index (χ4v) is 3.74. The van der Waals surface area contributed by atoms with Crippen LogP contribution in [0.5, 0.6) is 0 Å². The predicted octanol–water partition coefficient (Wildman–Crippen LogP) is 3.52. The van der Waals surface area contributed by atoms with Crippen LogP contribution in [0.4, 0.5) is 4.79 Å². The summed E-state index contributed by atoms with van der Waals surface area (Å²) in [5.74, 6) is 0.749. The zero-order valence-electron chi connectivity index (χ0n) is 14.8. The minimum atomic E-state index is -0.510. The molecule has 0 aromatic heterocycles. The van der Waals surface area contributed by atoms with Gasteiger partial charge in [-0.25, -0.2) is 4.79 Å². The van der Waals surface area contributed by atoms with Crippen molar-refractivity contribution < 1.29 is 9.59 Å². The topological polar surface area (TPSA) is 61.4 Å². The summed E-state index contributed by atoms with van der Waals surface area (Å²) in [6, 6.07) is 7.04. The molecule has 2 N–H and O–H groups in total. The average molecular weight is 384 g/mol. The van der Waals surface area contributed by atoms with Crippen LogP contribution in [0, 0.1) is 0 Å². The van der Waals surface area contributed by atoms with Gasteiger partial charge in [0.15, 0.2) is 0 Å². The molecule has 1 aromatic rings. The normalized spacial score (nSPS) is 18.5. The number of nitrogens with one attached hydrogen (secondary N) is 2. The van der Waals surface area contributed by atoms with E-state index in [1.807, 2.05) is 29.2 Å². The highest BCUT2D eigenvalue weighted by Crippen LogP contribution is 2.19. The third-order valence-electron chi connectivity index (χ3n) is 4.27. The van der Waals surface area contributed by atoms with Crippen molar-refractivity contribution in [2.45, 2.75) is 50.1 Å². The molecule has 3 amide bonds. The van der Waals surface area contributed by atoms with Crippen LogP contribution in [0.25, 0.3) is 0 Å². The fraction of sp³-hybridized carbons (Fsp3) is 0.556. The largest absolute Gasteiger partial charge is 0.338 e. The van der Waals surface area contributed by atoms with E-state index in [9.17, 15) is 9.59 Å². The first-order valence-electron chi connectivity index (χ1n) is 8.70. The molecular formula is C18H26ClN3O2S. The molecule has 0 saturated carbocycles. The Labute approximate surface area is 158 Å². The fourth-order valence-electron chi connectivity index (χ4n) is 2.85. The maximum atomic E-state index is 12.5. The molecule has 0 radical (unpaired) electrons. The van der Waals surface area contributed by atoms with Crippen LogP contribution < -0.4 is 10.6 Å². The van der Waals surface area contributed by atoms with E-state index >= 15 is 0 Å². The first-order chi connectivity index (χ1) is 12.0. The SMILES string of the molecule is CC(NC(=O)NCCSc1ccc(Cl)cc1)C(=O)N1CCCCC1C. The summed E-state index contributed by atoms with van der Waals surface area (Å²) in [5.41, 5.74) is 0. The molecule has 0 aliphatic carbocycles. The molecule has 0 spiro atoms. The first-order valence-corrected chi connectivity index (χ1v) is 10.1. The molecule has 2 atom stereocenters. The second kappa shape index (κ2) is 9.92. The lowest BCUT2D eigenvalue weighted by Gasteiger charge is -2.35.